The van der Waals surface area contributed by atoms with Crippen LogP contribution in [0.15, 0.2) is 47.4 Å². The molecule has 134 valence electrons. The Morgan fingerprint density at radius 1 is 1.12 bits per heavy atom. The van der Waals surface area contributed by atoms with Gasteiger partial charge in [-0.25, -0.2) is 8.42 Å². The van der Waals surface area contributed by atoms with Crippen molar-refractivity contribution >= 4 is 21.6 Å². The molecular weight excluding hydrogens is 362 g/mol. The summed E-state index contributed by atoms with van der Waals surface area (Å²) in [6, 6.07) is 11.9. The third kappa shape index (κ3) is 3.34. The van der Waals surface area contributed by atoms with Gasteiger partial charge in [0.2, 0.25) is 10.0 Å². The number of sulfonamides is 1. The Bertz CT molecular complexity index is 869. The zero-order valence-electron chi connectivity index (χ0n) is 14.1. The highest BCUT2D eigenvalue weighted by atomic mass is 35.5. The fourth-order valence-corrected chi connectivity index (χ4v) is 5.30. The molecule has 1 saturated heterocycles. The minimum atomic E-state index is -3.76. The molecule has 0 N–H and O–H groups in total. The largest absolute Gasteiger partial charge is 0.497 e. The Morgan fingerprint density at radius 2 is 1.88 bits per heavy atom. The smallest absolute Gasteiger partial charge is 0.247 e. The van der Waals surface area contributed by atoms with Crippen LogP contribution in [0, 0.1) is 0 Å². The minimum Gasteiger partial charge on any atom is -0.497 e. The summed E-state index contributed by atoms with van der Waals surface area (Å²) in [6.07, 6.45) is 1.51. The maximum Gasteiger partial charge on any atom is 0.247 e. The number of ether oxygens (including phenoxy) is 2. The molecule has 0 bridgehead atoms. The van der Waals surface area contributed by atoms with Crippen LogP contribution in [0.2, 0.25) is 5.02 Å². The lowest BCUT2D eigenvalue weighted by Gasteiger charge is -2.26. The topological polar surface area (TPSA) is 55.8 Å². The molecule has 1 aliphatic rings. The van der Waals surface area contributed by atoms with Crippen molar-refractivity contribution in [1.82, 2.24) is 4.31 Å². The maximum absolute atomic E-state index is 13.3. The van der Waals surface area contributed by atoms with Gasteiger partial charge in [-0.15, -0.1) is 0 Å². The van der Waals surface area contributed by atoms with E-state index >= 15 is 0 Å². The summed E-state index contributed by atoms with van der Waals surface area (Å²) in [5, 5.41) is 0.576. The van der Waals surface area contributed by atoms with Crippen LogP contribution in [0.4, 0.5) is 0 Å². The molecule has 1 heterocycles. The van der Waals surface area contributed by atoms with Gasteiger partial charge in [0.05, 0.1) is 20.3 Å². The van der Waals surface area contributed by atoms with Gasteiger partial charge in [0.1, 0.15) is 16.4 Å². The zero-order valence-corrected chi connectivity index (χ0v) is 15.7. The summed E-state index contributed by atoms with van der Waals surface area (Å²) in [6.45, 7) is 0.443. The minimum absolute atomic E-state index is 0.105. The van der Waals surface area contributed by atoms with E-state index in [0.29, 0.717) is 23.1 Å². The summed E-state index contributed by atoms with van der Waals surface area (Å²) in [4.78, 5) is 0.105. The van der Waals surface area contributed by atoms with Gasteiger partial charge in [0.15, 0.2) is 0 Å². The van der Waals surface area contributed by atoms with Crippen LogP contribution in [0.5, 0.6) is 11.5 Å². The first-order valence-electron chi connectivity index (χ1n) is 7.97. The third-order valence-corrected chi connectivity index (χ3v) is 6.70. The Balaban J connectivity index is 2.06. The highest BCUT2D eigenvalue weighted by Gasteiger charge is 2.38. The number of nitrogens with zero attached hydrogens (tertiary/aromatic N) is 1. The molecule has 7 heteroatoms. The molecule has 1 aliphatic heterocycles. The molecule has 2 aromatic rings. The van der Waals surface area contributed by atoms with Crippen molar-refractivity contribution in [2.75, 3.05) is 20.8 Å². The lowest BCUT2D eigenvalue weighted by atomic mass is 10.1. The van der Waals surface area contributed by atoms with Gasteiger partial charge in [0, 0.05) is 17.6 Å². The summed E-state index contributed by atoms with van der Waals surface area (Å²) < 4.78 is 38.6. The standard InChI is InChI=1S/C18H20ClNO4S/c1-23-13-9-10-17(24-2)18(12-13)25(21,22)20-11-5-8-16(20)14-6-3-4-7-15(14)19/h3-4,6-7,9-10,12,16H,5,8,11H2,1-2H3/t16-/m0/s1. The Morgan fingerprint density at radius 3 is 2.56 bits per heavy atom. The second kappa shape index (κ2) is 7.23. The molecular formula is C18H20ClNO4S. The Labute approximate surface area is 153 Å². The van der Waals surface area contributed by atoms with Crippen LogP contribution >= 0.6 is 11.6 Å². The van der Waals surface area contributed by atoms with E-state index in [1.165, 1.54) is 24.6 Å². The van der Waals surface area contributed by atoms with E-state index in [9.17, 15) is 8.42 Å². The quantitative estimate of drug-likeness (QED) is 0.788. The molecule has 0 amide bonds. The van der Waals surface area contributed by atoms with Crippen LogP contribution in [-0.2, 0) is 10.0 Å². The third-order valence-electron chi connectivity index (χ3n) is 4.43. The van der Waals surface area contributed by atoms with E-state index < -0.39 is 10.0 Å². The van der Waals surface area contributed by atoms with Crippen molar-refractivity contribution in [3.05, 3.63) is 53.1 Å². The summed E-state index contributed by atoms with van der Waals surface area (Å²) in [7, 11) is -0.803. The first kappa shape index (κ1) is 18.0. The first-order chi connectivity index (χ1) is 12.0. The SMILES string of the molecule is COc1ccc(OC)c(S(=O)(=O)N2CCC[C@H]2c2ccccc2Cl)c1. The van der Waals surface area contributed by atoms with Crippen molar-refractivity contribution in [1.29, 1.82) is 0 Å². The van der Waals surface area contributed by atoms with Gasteiger partial charge in [0.25, 0.3) is 0 Å². The zero-order chi connectivity index (χ0) is 18.0. The van der Waals surface area contributed by atoms with E-state index in [1.807, 2.05) is 18.2 Å². The van der Waals surface area contributed by atoms with Crippen molar-refractivity contribution in [2.45, 2.75) is 23.8 Å². The molecule has 25 heavy (non-hydrogen) atoms. The number of halogens is 1. The first-order valence-corrected chi connectivity index (χ1v) is 9.79. The van der Waals surface area contributed by atoms with Gasteiger partial charge < -0.3 is 9.47 Å². The Hall–Kier alpha value is -1.76. The second-order valence-corrected chi connectivity index (χ2v) is 8.08. The van der Waals surface area contributed by atoms with Crippen molar-refractivity contribution in [2.24, 2.45) is 0 Å². The lowest BCUT2D eigenvalue weighted by molar-refractivity contribution is 0.376. The van der Waals surface area contributed by atoms with Crippen molar-refractivity contribution in [3.8, 4) is 11.5 Å². The van der Waals surface area contributed by atoms with E-state index in [4.69, 9.17) is 21.1 Å². The van der Waals surface area contributed by atoms with Gasteiger partial charge in [-0.3, -0.25) is 0 Å². The van der Waals surface area contributed by atoms with Gasteiger partial charge in [-0.2, -0.15) is 4.31 Å². The van der Waals surface area contributed by atoms with Gasteiger partial charge >= 0.3 is 0 Å². The van der Waals surface area contributed by atoms with E-state index in [1.54, 1.807) is 18.2 Å². The summed E-state index contributed by atoms with van der Waals surface area (Å²) >= 11 is 6.31. The molecule has 1 atom stereocenters. The molecule has 1 fully saturated rings. The average Bonchev–Trinajstić information content (AvgIpc) is 3.12. The fourth-order valence-electron chi connectivity index (χ4n) is 3.20. The second-order valence-electron chi connectivity index (χ2n) is 5.81. The number of rotatable bonds is 5. The van der Waals surface area contributed by atoms with Crippen molar-refractivity contribution in [3.63, 3.8) is 0 Å². The molecule has 0 aliphatic carbocycles. The van der Waals surface area contributed by atoms with E-state index in [2.05, 4.69) is 0 Å². The maximum atomic E-state index is 13.3. The van der Waals surface area contributed by atoms with Gasteiger partial charge in [-0.1, -0.05) is 29.8 Å². The number of hydrogen-bond acceptors (Lipinski definition) is 4. The number of benzene rings is 2. The molecule has 0 aromatic heterocycles. The van der Waals surface area contributed by atoms with E-state index in [0.717, 1.165) is 18.4 Å². The molecule has 0 spiro atoms. The molecule has 0 saturated carbocycles. The monoisotopic (exact) mass is 381 g/mol. The highest BCUT2D eigenvalue weighted by molar-refractivity contribution is 7.89. The number of hydrogen-bond donors (Lipinski definition) is 0. The molecule has 2 aromatic carbocycles. The fraction of sp³-hybridized carbons (Fsp3) is 0.333. The summed E-state index contributed by atoms with van der Waals surface area (Å²) in [5.41, 5.74) is 0.826. The highest BCUT2D eigenvalue weighted by Crippen LogP contribution is 2.41. The molecule has 0 unspecified atom stereocenters. The van der Waals surface area contributed by atoms with Gasteiger partial charge in [-0.05, 0) is 36.6 Å². The number of methoxy groups -OCH3 is 2. The predicted molar refractivity (Wildman–Crippen MR) is 96.9 cm³/mol. The van der Waals surface area contributed by atoms with E-state index in [-0.39, 0.29) is 10.9 Å². The molecule has 0 radical (unpaired) electrons. The van der Waals surface area contributed by atoms with Crippen molar-refractivity contribution < 1.29 is 17.9 Å². The van der Waals surface area contributed by atoms with Crippen LogP contribution in [0.1, 0.15) is 24.4 Å². The molecule has 5 nitrogen and oxygen atoms in total. The lowest BCUT2D eigenvalue weighted by Crippen LogP contribution is -2.31. The van der Waals surface area contributed by atoms with Crippen LogP contribution in [-0.4, -0.2) is 33.5 Å². The van der Waals surface area contributed by atoms with Crippen LogP contribution < -0.4 is 9.47 Å². The predicted octanol–water partition coefficient (Wildman–Crippen LogP) is 3.88. The summed E-state index contributed by atoms with van der Waals surface area (Å²) in [5.74, 6) is 0.762. The molecule has 3 rings (SSSR count). The Kier molecular flexibility index (Phi) is 5.22. The normalized spacial score (nSPS) is 18.3. The van der Waals surface area contributed by atoms with Crippen LogP contribution in [0.25, 0.3) is 0 Å². The van der Waals surface area contributed by atoms with Crippen LogP contribution in [0.3, 0.4) is 0 Å². The average molecular weight is 382 g/mol.